The lowest BCUT2D eigenvalue weighted by molar-refractivity contribution is -0.194. The van der Waals surface area contributed by atoms with Crippen molar-refractivity contribution in [3.63, 3.8) is 0 Å². The maximum absolute atomic E-state index is 5.66. The van der Waals surface area contributed by atoms with Gasteiger partial charge < -0.3 is 18.9 Å². The van der Waals surface area contributed by atoms with Crippen LogP contribution in [0.4, 0.5) is 5.82 Å². The number of imidazole rings is 2. The van der Waals surface area contributed by atoms with Crippen molar-refractivity contribution in [3.8, 4) is 5.95 Å². The predicted octanol–water partition coefficient (Wildman–Crippen LogP) is 1.37. The average molecular weight is 516 g/mol. The summed E-state index contributed by atoms with van der Waals surface area (Å²) in [6, 6.07) is 10.1. The number of para-hydroxylation sites is 2. The summed E-state index contributed by atoms with van der Waals surface area (Å²) in [5.74, 6) is 3.53. The first-order valence-electron chi connectivity index (χ1n) is 13.8. The first-order chi connectivity index (χ1) is 18.7. The lowest BCUT2D eigenvalue weighted by Crippen LogP contribution is -2.81. The maximum Gasteiger partial charge on any atom is 0.239 e. The molecule has 1 unspecified atom stereocenters. The highest BCUT2D eigenvalue weighted by Crippen LogP contribution is 2.38. The Morgan fingerprint density at radius 1 is 0.921 bits per heavy atom. The smallest absolute Gasteiger partial charge is 0.239 e. The zero-order valence-corrected chi connectivity index (χ0v) is 22.0. The third-order valence-electron chi connectivity index (χ3n) is 8.83. The van der Waals surface area contributed by atoms with Gasteiger partial charge in [0.1, 0.15) is 11.6 Å². The maximum atomic E-state index is 5.66. The monoisotopic (exact) mass is 515 g/mol. The average Bonchev–Trinajstić information content (AvgIpc) is 3.45. The van der Waals surface area contributed by atoms with Crippen molar-refractivity contribution in [2.45, 2.75) is 38.0 Å². The number of piperazine rings is 1. The molecule has 4 aliphatic heterocycles. The molecule has 7 heterocycles. The number of aromatic nitrogens is 6. The van der Waals surface area contributed by atoms with E-state index in [1.54, 1.807) is 0 Å². The van der Waals surface area contributed by atoms with Crippen LogP contribution >= 0.6 is 0 Å². The van der Waals surface area contributed by atoms with Crippen molar-refractivity contribution in [3.05, 3.63) is 35.9 Å². The van der Waals surface area contributed by atoms with E-state index in [2.05, 4.69) is 49.9 Å². The first-order valence-corrected chi connectivity index (χ1v) is 13.8. The van der Waals surface area contributed by atoms with Crippen LogP contribution in [0.1, 0.15) is 18.6 Å². The van der Waals surface area contributed by atoms with Gasteiger partial charge in [0.25, 0.3) is 0 Å². The molecule has 11 nitrogen and oxygen atoms in total. The molecule has 198 valence electrons. The number of hydrogen-bond acceptors (Lipinski definition) is 9. The summed E-state index contributed by atoms with van der Waals surface area (Å²) in [6.45, 7) is 9.94. The van der Waals surface area contributed by atoms with Gasteiger partial charge >= 0.3 is 0 Å². The molecule has 0 amide bonds. The van der Waals surface area contributed by atoms with E-state index >= 15 is 0 Å². The number of likely N-dealkylation sites (tertiary alicyclic amines) is 2. The molecule has 38 heavy (non-hydrogen) atoms. The van der Waals surface area contributed by atoms with Crippen LogP contribution in [-0.2, 0) is 29.5 Å². The van der Waals surface area contributed by atoms with Gasteiger partial charge in [-0.1, -0.05) is 19.1 Å². The summed E-state index contributed by atoms with van der Waals surface area (Å²) >= 11 is 0. The fraction of sp³-hybridized carbons (Fsp3) is 0.556. The van der Waals surface area contributed by atoms with Crippen LogP contribution in [0.2, 0.25) is 0 Å². The lowest BCUT2D eigenvalue weighted by atomic mass is 9.83. The Morgan fingerprint density at radius 2 is 1.76 bits per heavy atom. The molecule has 2 atom stereocenters. The van der Waals surface area contributed by atoms with Crippen LogP contribution in [-0.4, -0.2) is 110 Å². The predicted molar refractivity (Wildman–Crippen MR) is 143 cm³/mol. The summed E-state index contributed by atoms with van der Waals surface area (Å²) in [6.07, 6.45) is 0.793. The Morgan fingerprint density at radius 3 is 2.50 bits per heavy atom. The number of hydrogen-bond donors (Lipinski definition) is 0. The highest BCUT2D eigenvalue weighted by atomic mass is 16.5. The number of morpholine rings is 1. The highest BCUT2D eigenvalue weighted by molar-refractivity contribution is 5.86. The standard InChI is InChI=1S/C27H33N9O2/c1-3-22-28-18-6-4-5-7-19(18)36(22)27-30-25-24(26(31-27)33-8-10-37-11-9-33)29-23(32(25)2)14-34-12-21-20(34)13-35(21)17-15-38-16-17/h4-7,17,20-21H,3,8-16H2,1-2H3/t20-,21?/m1/s1. The van der Waals surface area contributed by atoms with Crippen molar-refractivity contribution in [1.82, 2.24) is 38.9 Å². The fourth-order valence-electron chi connectivity index (χ4n) is 6.43. The Balaban J connectivity index is 1.18. The minimum Gasteiger partial charge on any atom is -0.378 e. The van der Waals surface area contributed by atoms with Gasteiger partial charge in [-0.25, -0.2) is 9.97 Å². The van der Waals surface area contributed by atoms with Gasteiger partial charge in [0, 0.05) is 51.7 Å². The van der Waals surface area contributed by atoms with Crippen molar-refractivity contribution >= 4 is 28.0 Å². The highest BCUT2D eigenvalue weighted by Gasteiger charge is 2.54. The number of ether oxygens (including phenoxy) is 2. The van der Waals surface area contributed by atoms with Crippen molar-refractivity contribution < 1.29 is 9.47 Å². The fourth-order valence-corrected chi connectivity index (χ4v) is 6.43. The molecule has 1 aromatic carbocycles. The van der Waals surface area contributed by atoms with Gasteiger partial charge in [0.15, 0.2) is 17.0 Å². The molecule has 0 N–H and O–H groups in total. The van der Waals surface area contributed by atoms with E-state index in [0.29, 0.717) is 37.3 Å². The minimum absolute atomic E-state index is 0.625. The van der Waals surface area contributed by atoms with Gasteiger partial charge in [-0.2, -0.15) is 9.97 Å². The normalized spacial score (nSPS) is 24.4. The van der Waals surface area contributed by atoms with Crippen LogP contribution in [0.5, 0.6) is 0 Å². The second-order valence-electron chi connectivity index (χ2n) is 10.9. The van der Waals surface area contributed by atoms with E-state index in [1.807, 2.05) is 12.1 Å². The summed E-state index contributed by atoms with van der Waals surface area (Å²) in [5.41, 5.74) is 3.72. The third kappa shape index (κ3) is 3.35. The van der Waals surface area contributed by atoms with Gasteiger partial charge in [-0.05, 0) is 12.1 Å². The van der Waals surface area contributed by atoms with Gasteiger partial charge in [-0.3, -0.25) is 14.4 Å². The molecule has 0 saturated carbocycles. The number of rotatable bonds is 6. The van der Waals surface area contributed by atoms with Crippen LogP contribution < -0.4 is 4.90 Å². The molecule has 3 aromatic heterocycles. The molecule has 4 aliphatic rings. The van der Waals surface area contributed by atoms with Crippen LogP contribution in [0.3, 0.4) is 0 Å². The zero-order chi connectivity index (χ0) is 25.4. The van der Waals surface area contributed by atoms with Gasteiger partial charge in [0.2, 0.25) is 5.95 Å². The summed E-state index contributed by atoms with van der Waals surface area (Å²) in [5, 5.41) is 0. The number of aryl methyl sites for hydroxylation is 2. The second-order valence-corrected chi connectivity index (χ2v) is 10.9. The molecule has 8 rings (SSSR count). The zero-order valence-electron chi connectivity index (χ0n) is 22.0. The van der Waals surface area contributed by atoms with Crippen molar-refractivity contribution in [1.29, 1.82) is 0 Å². The van der Waals surface area contributed by atoms with Crippen molar-refractivity contribution in [2.75, 3.05) is 57.5 Å². The van der Waals surface area contributed by atoms with Crippen LogP contribution in [0.25, 0.3) is 28.1 Å². The van der Waals surface area contributed by atoms with E-state index in [-0.39, 0.29) is 0 Å². The van der Waals surface area contributed by atoms with Crippen LogP contribution in [0, 0.1) is 0 Å². The first kappa shape index (κ1) is 22.8. The number of fused-ring (bicyclic) bond motifs is 3. The minimum atomic E-state index is 0.625. The number of benzene rings is 1. The summed E-state index contributed by atoms with van der Waals surface area (Å²) < 4.78 is 15.3. The van der Waals surface area contributed by atoms with Gasteiger partial charge in [0.05, 0.1) is 50.0 Å². The Hall–Kier alpha value is -3.12. The molecule has 11 heteroatoms. The molecule has 4 saturated heterocycles. The van der Waals surface area contributed by atoms with E-state index in [0.717, 1.165) is 92.0 Å². The van der Waals surface area contributed by atoms with E-state index in [4.69, 9.17) is 29.4 Å². The summed E-state index contributed by atoms with van der Waals surface area (Å²) in [7, 11) is 2.09. The van der Waals surface area contributed by atoms with E-state index in [9.17, 15) is 0 Å². The molecule has 0 radical (unpaired) electrons. The quantitative estimate of drug-likeness (QED) is 0.378. The molecular formula is C27H33N9O2. The number of nitrogens with zero attached hydrogens (tertiary/aromatic N) is 9. The summed E-state index contributed by atoms with van der Waals surface area (Å²) in [4.78, 5) is 27.8. The molecule has 4 aromatic rings. The third-order valence-corrected chi connectivity index (χ3v) is 8.83. The second kappa shape index (κ2) is 8.70. The van der Waals surface area contributed by atoms with Crippen LogP contribution in [0.15, 0.2) is 24.3 Å². The Bertz CT molecular complexity index is 1520. The van der Waals surface area contributed by atoms with Gasteiger partial charge in [-0.15, -0.1) is 0 Å². The largest absolute Gasteiger partial charge is 0.378 e. The Kier molecular flexibility index (Phi) is 5.23. The molecule has 0 spiro atoms. The molecular weight excluding hydrogens is 482 g/mol. The Labute approximate surface area is 221 Å². The molecule has 0 bridgehead atoms. The van der Waals surface area contributed by atoms with E-state index in [1.165, 1.54) is 0 Å². The van der Waals surface area contributed by atoms with Crippen molar-refractivity contribution in [2.24, 2.45) is 7.05 Å². The number of anilines is 1. The van der Waals surface area contributed by atoms with E-state index < -0.39 is 0 Å². The topological polar surface area (TPSA) is 89.6 Å². The molecule has 0 aliphatic carbocycles. The molecule has 4 fully saturated rings. The lowest BCUT2D eigenvalue weighted by Gasteiger charge is -2.65. The SMILES string of the molecule is CCc1nc2ccccc2n1-c1nc(N2CCOCC2)c2nc(CN3CC4[C@H]3CN4C3COC3)n(C)c2n1.